The number of hydrogen-bond donors (Lipinski definition) is 2. The van der Waals surface area contributed by atoms with Crippen molar-refractivity contribution >= 4 is 5.97 Å². The van der Waals surface area contributed by atoms with Gasteiger partial charge < -0.3 is 12.3 Å². The van der Waals surface area contributed by atoms with Crippen molar-refractivity contribution in [3.63, 3.8) is 0 Å². The smallest absolute Gasteiger partial charge is 1.00 e. The summed E-state index contributed by atoms with van der Waals surface area (Å²) >= 11 is 0. The minimum Gasteiger partial charge on any atom is -1.00 e. The van der Waals surface area contributed by atoms with E-state index < -0.39 is 5.97 Å². The van der Waals surface area contributed by atoms with Crippen molar-refractivity contribution in [1.29, 1.82) is 0 Å². The maximum atomic E-state index is 10.5. The van der Waals surface area contributed by atoms with Crippen LogP contribution < -0.4 is 35.3 Å². The van der Waals surface area contributed by atoms with Gasteiger partial charge in [-0.05, 0) is 6.42 Å². The number of carbonyl (C=O) groups is 1. The molecule has 4 heteroatoms. The zero-order chi connectivity index (χ0) is 17.9. The van der Waals surface area contributed by atoms with Crippen LogP contribution in [0, 0.1) is 0 Å². The van der Waals surface area contributed by atoms with E-state index >= 15 is 0 Å². The number of nitrogens with two attached hydrogens (primary N) is 1. The van der Waals surface area contributed by atoms with Crippen molar-refractivity contribution in [3.8, 4) is 0 Å². The fourth-order valence-electron chi connectivity index (χ4n) is 3.28. The van der Waals surface area contributed by atoms with Crippen LogP contribution in [-0.4, -0.2) is 17.1 Å². The first kappa shape index (κ1) is 27.6. The fraction of sp³-hybridized carbons (Fsp3) is 0.952. The third-order valence-electron chi connectivity index (χ3n) is 4.87. The summed E-state index contributed by atoms with van der Waals surface area (Å²) in [7, 11) is 0. The zero-order valence-corrected chi connectivity index (χ0v) is 19.2. The molecule has 0 radical (unpaired) electrons. The average Bonchev–Trinajstić information content (AvgIpc) is 2.53. The Kier molecular flexibility index (Phi) is 24.9. The van der Waals surface area contributed by atoms with Gasteiger partial charge in [0.2, 0.25) is 0 Å². The Morgan fingerprint density at radius 2 is 1.08 bits per heavy atom. The summed E-state index contributed by atoms with van der Waals surface area (Å²) in [6, 6.07) is -0.158. The van der Waals surface area contributed by atoms with E-state index in [2.05, 4.69) is 6.92 Å². The Balaban J connectivity index is -0.00000264. The molecule has 146 valence electrons. The van der Waals surface area contributed by atoms with E-state index in [4.69, 9.17) is 10.8 Å². The number of rotatable bonds is 19. The molecule has 0 rings (SSSR count). The first-order valence-electron chi connectivity index (χ1n) is 10.6. The molecule has 3 nitrogen and oxygen atoms in total. The summed E-state index contributed by atoms with van der Waals surface area (Å²) in [6.07, 6.45) is 22.8. The second kappa shape index (κ2) is 22.5. The number of unbranched alkanes of at least 4 members (excludes halogenated alkanes) is 15. The predicted molar refractivity (Wildman–Crippen MR) is 106 cm³/mol. The minimum atomic E-state index is -0.779. The van der Waals surface area contributed by atoms with Crippen LogP contribution in [0.4, 0.5) is 0 Å². The van der Waals surface area contributed by atoms with Crippen molar-refractivity contribution in [2.75, 3.05) is 0 Å². The summed E-state index contributed by atoms with van der Waals surface area (Å²) in [5, 5.41) is 8.64. The zero-order valence-electron chi connectivity index (χ0n) is 18.2. The van der Waals surface area contributed by atoms with Gasteiger partial charge in [-0.15, -0.1) is 0 Å². The summed E-state index contributed by atoms with van der Waals surface area (Å²) in [5.74, 6) is -0.779. The standard InChI is InChI=1S/C21H43NO2.Na.H/c1-2-3-4-5-6-7-8-9-10-11-12-13-14-15-16-17-18-20(22)19-21(23)24;;/h20H,2-19,22H2,1H3,(H,23,24);;/q;+1;-1. The topological polar surface area (TPSA) is 63.3 Å². The van der Waals surface area contributed by atoms with Gasteiger partial charge in [0.25, 0.3) is 0 Å². The normalized spacial score (nSPS) is 11.9. The molecule has 0 saturated heterocycles. The van der Waals surface area contributed by atoms with Crippen molar-refractivity contribution < 1.29 is 40.9 Å². The van der Waals surface area contributed by atoms with Crippen molar-refractivity contribution in [1.82, 2.24) is 0 Å². The van der Waals surface area contributed by atoms with Gasteiger partial charge in [0.05, 0.1) is 6.42 Å². The number of carboxylic acids is 1. The quantitative estimate of drug-likeness (QED) is 0.272. The maximum Gasteiger partial charge on any atom is 1.00 e. The fourth-order valence-corrected chi connectivity index (χ4v) is 3.28. The van der Waals surface area contributed by atoms with Crippen LogP contribution in [0.2, 0.25) is 0 Å². The molecular weight excluding hydrogens is 321 g/mol. The molecule has 25 heavy (non-hydrogen) atoms. The average molecular weight is 366 g/mol. The first-order valence-corrected chi connectivity index (χ1v) is 10.6. The first-order chi connectivity index (χ1) is 11.7. The molecule has 0 aliphatic carbocycles. The summed E-state index contributed by atoms with van der Waals surface area (Å²) in [4.78, 5) is 10.5. The molecule has 0 aliphatic rings. The Morgan fingerprint density at radius 3 is 1.40 bits per heavy atom. The minimum absolute atomic E-state index is 0. The van der Waals surface area contributed by atoms with Crippen LogP contribution in [-0.2, 0) is 4.79 Å². The molecule has 0 spiro atoms. The number of carboxylic acid groups (broad SMARTS) is 1. The van der Waals surface area contributed by atoms with Crippen molar-refractivity contribution in [2.45, 2.75) is 129 Å². The maximum absolute atomic E-state index is 10.5. The molecule has 0 aromatic heterocycles. The van der Waals surface area contributed by atoms with Gasteiger partial charge in [-0.3, -0.25) is 4.79 Å². The Bertz CT molecular complexity index is 281. The second-order valence-electron chi connectivity index (χ2n) is 7.45. The molecular formula is C21H44NNaO2. The van der Waals surface area contributed by atoms with Gasteiger partial charge >= 0.3 is 35.5 Å². The molecule has 0 amide bonds. The van der Waals surface area contributed by atoms with Crippen LogP contribution in [0.15, 0.2) is 0 Å². The third-order valence-corrected chi connectivity index (χ3v) is 4.87. The third kappa shape index (κ3) is 24.4. The van der Waals surface area contributed by atoms with E-state index in [1.807, 2.05) is 0 Å². The molecule has 0 heterocycles. The molecule has 0 aliphatic heterocycles. The van der Waals surface area contributed by atoms with Gasteiger partial charge in [0.15, 0.2) is 0 Å². The monoisotopic (exact) mass is 365 g/mol. The molecule has 1 atom stereocenters. The van der Waals surface area contributed by atoms with Crippen LogP contribution in [0.5, 0.6) is 0 Å². The molecule has 0 saturated carbocycles. The van der Waals surface area contributed by atoms with Crippen LogP contribution >= 0.6 is 0 Å². The van der Waals surface area contributed by atoms with Crippen LogP contribution in [0.3, 0.4) is 0 Å². The van der Waals surface area contributed by atoms with Gasteiger partial charge in [-0.1, -0.05) is 110 Å². The second-order valence-corrected chi connectivity index (χ2v) is 7.45. The largest absolute Gasteiger partial charge is 1.00 e. The molecule has 0 aromatic rings. The number of aliphatic carboxylic acids is 1. The summed E-state index contributed by atoms with van der Waals surface area (Å²) < 4.78 is 0. The van der Waals surface area contributed by atoms with E-state index in [9.17, 15) is 4.79 Å². The van der Waals surface area contributed by atoms with Gasteiger partial charge in [-0.2, -0.15) is 0 Å². The van der Waals surface area contributed by atoms with Crippen molar-refractivity contribution in [2.24, 2.45) is 5.73 Å². The molecule has 3 N–H and O–H groups in total. The van der Waals surface area contributed by atoms with E-state index in [0.717, 1.165) is 12.8 Å². The van der Waals surface area contributed by atoms with Gasteiger partial charge in [0, 0.05) is 6.04 Å². The van der Waals surface area contributed by atoms with Crippen LogP contribution in [0.25, 0.3) is 0 Å². The summed E-state index contributed by atoms with van der Waals surface area (Å²) in [6.45, 7) is 2.28. The Hall–Kier alpha value is 0.430. The number of hydrogen-bond acceptors (Lipinski definition) is 2. The SMILES string of the molecule is CCCCCCCCCCCCCCCCCCC(N)CC(=O)O.[H-].[Na+]. The summed E-state index contributed by atoms with van der Waals surface area (Å²) in [5.41, 5.74) is 5.75. The van der Waals surface area contributed by atoms with Crippen molar-refractivity contribution in [3.05, 3.63) is 0 Å². The molecule has 1 unspecified atom stereocenters. The molecule has 0 bridgehead atoms. The Labute approximate surface area is 180 Å². The van der Waals surface area contributed by atoms with E-state index in [1.54, 1.807) is 0 Å². The van der Waals surface area contributed by atoms with Gasteiger partial charge in [-0.25, -0.2) is 0 Å². The Morgan fingerprint density at radius 1 is 0.760 bits per heavy atom. The van der Waals surface area contributed by atoms with Gasteiger partial charge in [0.1, 0.15) is 0 Å². The molecule has 0 aromatic carbocycles. The van der Waals surface area contributed by atoms with E-state index in [0.29, 0.717) is 0 Å². The van der Waals surface area contributed by atoms with Crippen LogP contribution in [0.1, 0.15) is 124 Å². The molecule has 0 fully saturated rings. The van der Waals surface area contributed by atoms with E-state index in [1.165, 1.54) is 96.3 Å². The van der Waals surface area contributed by atoms with E-state index in [-0.39, 0.29) is 43.4 Å². The predicted octanol–water partition coefficient (Wildman–Crippen LogP) is 3.56.